The van der Waals surface area contributed by atoms with E-state index in [1.54, 1.807) is 12.1 Å². The predicted octanol–water partition coefficient (Wildman–Crippen LogP) is 1.54. The smallest absolute Gasteiger partial charge is 0.336 e. The minimum atomic E-state index is -3.62. The molecule has 2 radical (unpaired) electrons. The molecular weight excluding hydrogens is 512 g/mol. The van der Waals surface area contributed by atoms with Crippen molar-refractivity contribution >= 4 is 51.4 Å². The van der Waals surface area contributed by atoms with Gasteiger partial charge in [0.1, 0.15) is 24.9 Å². The lowest BCUT2D eigenvalue weighted by Crippen LogP contribution is -2.41. The van der Waals surface area contributed by atoms with Crippen molar-refractivity contribution in [3.05, 3.63) is 85.0 Å². The Balaban J connectivity index is 1.90. The maximum absolute atomic E-state index is 14.7. The molecule has 1 aliphatic rings. The molecule has 0 aliphatic heterocycles. The number of aryl methyl sites for hydroxylation is 1. The van der Waals surface area contributed by atoms with Gasteiger partial charge in [0.2, 0.25) is 10.0 Å². The van der Waals surface area contributed by atoms with Crippen LogP contribution >= 0.6 is 0 Å². The molecule has 2 aromatic carbocycles. The van der Waals surface area contributed by atoms with Gasteiger partial charge >= 0.3 is 5.69 Å². The topological polar surface area (TPSA) is 124 Å². The van der Waals surface area contributed by atoms with E-state index in [0.29, 0.717) is 12.8 Å². The summed E-state index contributed by atoms with van der Waals surface area (Å²) in [5.74, 6) is -0.695. The Bertz CT molecular complexity index is 1930. The van der Waals surface area contributed by atoms with Gasteiger partial charge in [-0.2, -0.15) is 0 Å². The van der Waals surface area contributed by atoms with E-state index in [1.807, 2.05) is 0 Å². The first-order valence-electron chi connectivity index (χ1n) is 11.7. The van der Waals surface area contributed by atoms with Crippen molar-refractivity contribution in [2.75, 3.05) is 16.3 Å². The number of hydrogen-bond donors (Lipinski definition) is 2. The van der Waals surface area contributed by atoms with Crippen LogP contribution in [-0.4, -0.2) is 36.2 Å². The molecule has 4 aromatic rings. The van der Waals surface area contributed by atoms with Crippen molar-refractivity contribution in [3.8, 4) is 5.69 Å². The summed E-state index contributed by atoms with van der Waals surface area (Å²) in [5.41, 5.74) is -1.04. The Morgan fingerprint density at radius 2 is 1.76 bits per heavy atom. The van der Waals surface area contributed by atoms with Crippen molar-refractivity contribution in [1.82, 2.24) is 13.7 Å². The fourth-order valence-corrected chi connectivity index (χ4v) is 5.09. The lowest BCUT2D eigenvalue weighted by molar-refractivity contribution is 0.607. The molecule has 2 aromatic heterocycles. The first-order valence-corrected chi connectivity index (χ1v) is 13.6. The molecule has 38 heavy (non-hydrogen) atoms. The standard InChI is InChI=1S/C25H23BFN5O5S/c1-13-21-20(22(30(2)23(13)33)28-19-10-7-14(26)11-18(19)27)24(34)32(16-8-9-16)25(35)31(21)17-6-4-5-15(12-17)29-38(3,36)37/h4-7,10-12,16,28-29H,8-9H2,1-3H3. The second kappa shape index (κ2) is 9.01. The molecular formula is C25H23BFN5O5S. The number of fused-ring (bicyclic) bond motifs is 1. The normalized spacial score (nSPS) is 13.6. The maximum Gasteiger partial charge on any atom is 0.336 e. The third-order valence-electron chi connectivity index (χ3n) is 6.41. The highest BCUT2D eigenvalue weighted by molar-refractivity contribution is 7.92. The minimum absolute atomic E-state index is 0.00200. The van der Waals surface area contributed by atoms with E-state index in [0.717, 1.165) is 16.9 Å². The Morgan fingerprint density at radius 3 is 2.39 bits per heavy atom. The molecule has 10 nitrogen and oxygen atoms in total. The van der Waals surface area contributed by atoms with E-state index in [2.05, 4.69) is 10.0 Å². The van der Waals surface area contributed by atoms with Crippen LogP contribution < -0.4 is 32.3 Å². The van der Waals surface area contributed by atoms with Gasteiger partial charge in [-0.25, -0.2) is 17.6 Å². The van der Waals surface area contributed by atoms with Gasteiger partial charge in [0.05, 0.1) is 28.8 Å². The van der Waals surface area contributed by atoms with Gasteiger partial charge in [-0.1, -0.05) is 17.6 Å². The average molecular weight is 535 g/mol. The lowest BCUT2D eigenvalue weighted by atomic mass is 9.96. The van der Waals surface area contributed by atoms with Crippen molar-refractivity contribution in [2.24, 2.45) is 7.05 Å². The number of pyridine rings is 1. The van der Waals surface area contributed by atoms with Crippen molar-refractivity contribution < 1.29 is 12.8 Å². The van der Waals surface area contributed by atoms with Gasteiger partial charge in [-0.05, 0) is 50.1 Å². The Hall–Kier alpha value is -4.13. The van der Waals surface area contributed by atoms with E-state index in [4.69, 9.17) is 7.85 Å². The van der Waals surface area contributed by atoms with Crippen LogP contribution in [0.25, 0.3) is 16.6 Å². The number of nitrogens with one attached hydrogen (secondary N) is 2. The summed E-state index contributed by atoms with van der Waals surface area (Å²) >= 11 is 0. The van der Waals surface area contributed by atoms with E-state index in [-0.39, 0.29) is 50.9 Å². The zero-order valence-corrected chi connectivity index (χ0v) is 21.6. The quantitative estimate of drug-likeness (QED) is 0.361. The second-order valence-corrected chi connectivity index (χ2v) is 11.1. The van der Waals surface area contributed by atoms with Crippen LogP contribution in [-0.2, 0) is 17.1 Å². The van der Waals surface area contributed by atoms with Gasteiger partial charge < -0.3 is 5.32 Å². The number of aromatic nitrogens is 3. The minimum Gasteiger partial charge on any atom is -0.338 e. The summed E-state index contributed by atoms with van der Waals surface area (Å²) in [5, 5.41) is 2.87. The average Bonchev–Trinajstić information content (AvgIpc) is 3.66. The number of nitrogens with zero attached hydrogens (tertiary/aromatic N) is 3. The molecule has 0 spiro atoms. The zero-order valence-electron chi connectivity index (χ0n) is 20.8. The molecule has 0 amide bonds. The van der Waals surface area contributed by atoms with Gasteiger partial charge in [0.25, 0.3) is 11.1 Å². The SMILES string of the molecule is [B]c1ccc(Nc2c3c(=O)n(C4CC4)c(=O)n(-c4cccc(NS(C)(=O)=O)c4)c3c(C)c(=O)n2C)c(F)c1. The number of anilines is 3. The Morgan fingerprint density at radius 1 is 1.05 bits per heavy atom. The highest BCUT2D eigenvalue weighted by Gasteiger charge is 2.31. The van der Waals surface area contributed by atoms with Gasteiger partial charge in [0, 0.05) is 18.7 Å². The number of sulfonamides is 1. The maximum atomic E-state index is 14.7. The fraction of sp³-hybridized carbons (Fsp3) is 0.240. The summed E-state index contributed by atoms with van der Waals surface area (Å²) < 4.78 is 44.3. The Kier molecular flexibility index (Phi) is 6.05. The van der Waals surface area contributed by atoms with E-state index in [9.17, 15) is 27.2 Å². The molecule has 1 fully saturated rings. The van der Waals surface area contributed by atoms with Crippen molar-refractivity contribution in [1.29, 1.82) is 0 Å². The molecule has 194 valence electrons. The second-order valence-electron chi connectivity index (χ2n) is 9.37. The number of benzene rings is 2. The first-order chi connectivity index (χ1) is 17.9. The highest BCUT2D eigenvalue weighted by Crippen LogP contribution is 2.34. The first kappa shape index (κ1) is 25.5. The van der Waals surface area contributed by atoms with Crippen molar-refractivity contribution in [2.45, 2.75) is 25.8 Å². The van der Waals surface area contributed by atoms with Crippen LogP contribution in [0.4, 0.5) is 21.6 Å². The largest absolute Gasteiger partial charge is 0.338 e. The lowest BCUT2D eigenvalue weighted by Gasteiger charge is -2.21. The Labute approximate surface area is 217 Å². The number of halogens is 1. The van der Waals surface area contributed by atoms with Gasteiger partial charge in [-0.15, -0.1) is 0 Å². The van der Waals surface area contributed by atoms with Crippen molar-refractivity contribution in [3.63, 3.8) is 0 Å². The molecule has 1 saturated carbocycles. The molecule has 5 rings (SSSR count). The molecule has 1 aliphatic carbocycles. The highest BCUT2D eigenvalue weighted by atomic mass is 32.2. The van der Waals surface area contributed by atoms with E-state index < -0.39 is 32.6 Å². The summed E-state index contributed by atoms with van der Waals surface area (Å²) in [6, 6.07) is 9.70. The summed E-state index contributed by atoms with van der Waals surface area (Å²) in [4.78, 5) is 40.9. The molecule has 0 saturated heterocycles. The molecule has 0 atom stereocenters. The van der Waals surface area contributed by atoms with Gasteiger partial charge in [-0.3, -0.25) is 28.0 Å². The number of hydrogen-bond acceptors (Lipinski definition) is 6. The van der Waals surface area contributed by atoms with Crippen LogP contribution in [0.15, 0.2) is 56.8 Å². The van der Waals surface area contributed by atoms with Crippen LogP contribution in [0.5, 0.6) is 0 Å². The van der Waals surface area contributed by atoms with E-state index >= 15 is 0 Å². The van der Waals surface area contributed by atoms with E-state index in [1.165, 1.54) is 47.4 Å². The third-order valence-corrected chi connectivity index (χ3v) is 7.02. The van der Waals surface area contributed by atoms with Crippen LogP contribution in [0.2, 0.25) is 0 Å². The molecule has 2 heterocycles. The fourth-order valence-electron chi connectivity index (χ4n) is 4.54. The zero-order chi connectivity index (χ0) is 27.5. The third kappa shape index (κ3) is 4.42. The molecule has 13 heteroatoms. The molecule has 0 unspecified atom stereocenters. The monoisotopic (exact) mass is 535 g/mol. The van der Waals surface area contributed by atoms with Gasteiger partial charge in [0.15, 0.2) is 0 Å². The predicted molar refractivity (Wildman–Crippen MR) is 146 cm³/mol. The van der Waals surface area contributed by atoms with Crippen LogP contribution in [0.1, 0.15) is 24.4 Å². The molecule has 2 N–H and O–H groups in total. The summed E-state index contributed by atoms with van der Waals surface area (Å²) in [6.45, 7) is 1.49. The summed E-state index contributed by atoms with van der Waals surface area (Å²) in [6.07, 6.45) is 2.24. The van der Waals surface area contributed by atoms with Crippen LogP contribution in [0, 0.1) is 12.7 Å². The van der Waals surface area contributed by atoms with Crippen LogP contribution in [0.3, 0.4) is 0 Å². The number of rotatable bonds is 6. The summed E-state index contributed by atoms with van der Waals surface area (Å²) in [7, 11) is 3.49. The molecule has 0 bridgehead atoms.